The molecule has 0 fully saturated rings. The summed E-state index contributed by atoms with van der Waals surface area (Å²) in [7, 11) is 0. The number of aromatic nitrogens is 4. The first-order chi connectivity index (χ1) is 8.32. The monoisotopic (exact) mass is 251 g/mol. The zero-order valence-electron chi connectivity index (χ0n) is 10.5. The van der Waals surface area contributed by atoms with Gasteiger partial charge in [0.25, 0.3) is 0 Å². The SMILES string of the molecule is Cc1nnc(C(C)(C)n2cc([N+](=O)[O-])c(C)n2)o1. The minimum Gasteiger partial charge on any atom is -0.423 e. The van der Waals surface area contributed by atoms with Crippen molar-refractivity contribution >= 4 is 5.69 Å². The molecule has 0 bridgehead atoms. The Kier molecular flexibility index (Phi) is 2.64. The van der Waals surface area contributed by atoms with Gasteiger partial charge in [-0.1, -0.05) is 0 Å². The number of rotatable bonds is 3. The van der Waals surface area contributed by atoms with E-state index >= 15 is 0 Å². The molecule has 0 spiro atoms. The third-order valence-electron chi connectivity index (χ3n) is 2.69. The molecule has 0 aliphatic heterocycles. The highest BCUT2D eigenvalue weighted by Gasteiger charge is 2.32. The van der Waals surface area contributed by atoms with Crippen LogP contribution in [0.25, 0.3) is 0 Å². The lowest BCUT2D eigenvalue weighted by Gasteiger charge is -2.20. The molecule has 96 valence electrons. The number of hydrogen-bond donors (Lipinski definition) is 0. The molecule has 0 atom stereocenters. The molecule has 2 rings (SSSR count). The van der Waals surface area contributed by atoms with Crippen molar-refractivity contribution < 1.29 is 9.34 Å². The molecule has 0 aliphatic carbocycles. The Morgan fingerprint density at radius 3 is 2.50 bits per heavy atom. The lowest BCUT2D eigenvalue weighted by Crippen LogP contribution is -2.28. The van der Waals surface area contributed by atoms with Gasteiger partial charge in [0.15, 0.2) is 0 Å². The number of nitrogens with zero attached hydrogens (tertiary/aromatic N) is 5. The van der Waals surface area contributed by atoms with Crippen molar-refractivity contribution in [1.29, 1.82) is 0 Å². The summed E-state index contributed by atoms with van der Waals surface area (Å²) >= 11 is 0. The minimum absolute atomic E-state index is 0.0284. The van der Waals surface area contributed by atoms with Gasteiger partial charge >= 0.3 is 5.69 Å². The smallest absolute Gasteiger partial charge is 0.309 e. The van der Waals surface area contributed by atoms with Crippen molar-refractivity contribution in [3.63, 3.8) is 0 Å². The predicted molar refractivity (Wildman–Crippen MR) is 61.1 cm³/mol. The first kappa shape index (κ1) is 12.2. The maximum Gasteiger partial charge on any atom is 0.309 e. The molecule has 0 saturated carbocycles. The van der Waals surface area contributed by atoms with Gasteiger partial charge in [-0.25, -0.2) is 0 Å². The van der Waals surface area contributed by atoms with Crippen LogP contribution in [0.3, 0.4) is 0 Å². The van der Waals surface area contributed by atoms with Crippen molar-refractivity contribution in [1.82, 2.24) is 20.0 Å². The van der Waals surface area contributed by atoms with Crippen LogP contribution in [0, 0.1) is 24.0 Å². The maximum absolute atomic E-state index is 10.8. The second kappa shape index (κ2) is 3.90. The first-order valence-electron chi connectivity index (χ1n) is 5.34. The van der Waals surface area contributed by atoms with Crippen LogP contribution in [0.5, 0.6) is 0 Å². The van der Waals surface area contributed by atoms with Crippen molar-refractivity contribution in [3.8, 4) is 0 Å². The minimum atomic E-state index is -0.736. The van der Waals surface area contributed by atoms with Gasteiger partial charge in [-0.3, -0.25) is 14.8 Å². The lowest BCUT2D eigenvalue weighted by molar-refractivity contribution is -0.385. The predicted octanol–water partition coefficient (Wildman–Crippen LogP) is 1.57. The Morgan fingerprint density at radius 1 is 1.39 bits per heavy atom. The molecular weight excluding hydrogens is 238 g/mol. The van der Waals surface area contributed by atoms with Crippen molar-refractivity contribution in [2.75, 3.05) is 0 Å². The summed E-state index contributed by atoms with van der Waals surface area (Å²) in [4.78, 5) is 10.3. The summed E-state index contributed by atoms with van der Waals surface area (Å²) in [6.45, 7) is 6.87. The molecule has 2 aromatic heterocycles. The van der Waals surface area contributed by atoms with E-state index in [0.717, 1.165) is 0 Å². The molecule has 18 heavy (non-hydrogen) atoms. The van der Waals surface area contributed by atoms with Crippen LogP contribution < -0.4 is 0 Å². The second-order valence-electron chi connectivity index (χ2n) is 4.49. The molecule has 2 aromatic rings. The van der Waals surface area contributed by atoms with Gasteiger partial charge in [0.2, 0.25) is 11.8 Å². The van der Waals surface area contributed by atoms with Crippen molar-refractivity contribution in [2.45, 2.75) is 33.2 Å². The van der Waals surface area contributed by atoms with Gasteiger partial charge < -0.3 is 4.42 Å². The molecule has 8 heteroatoms. The highest BCUT2D eigenvalue weighted by atomic mass is 16.6. The van der Waals surface area contributed by atoms with Crippen LogP contribution in [-0.4, -0.2) is 24.9 Å². The highest BCUT2D eigenvalue weighted by molar-refractivity contribution is 5.32. The normalized spacial score (nSPS) is 11.8. The molecule has 0 aromatic carbocycles. The highest BCUT2D eigenvalue weighted by Crippen LogP contribution is 2.27. The molecule has 0 unspecified atom stereocenters. The molecule has 0 radical (unpaired) electrons. The van der Waals surface area contributed by atoms with Gasteiger partial charge in [0, 0.05) is 6.92 Å². The summed E-state index contributed by atoms with van der Waals surface area (Å²) in [5.74, 6) is 0.800. The quantitative estimate of drug-likeness (QED) is 0.606. The Hall–Kier alpha value is -2.25. The van der Waals surface area contributed by atoms with Crippen LogP contribution in [0.15, 0.2) is 10.6 Å². The van der Waals surface area contributed by atoms with E-state index in [4.69, 9.17) is 4.42 Å². The Morgan fingerprint density at radius 2 is 2.06 bits per heavy atom. The summed E-state index contributed by atoms with van der Waals surface area (Å²) in [6.07, 6.45) is 1.37. The summed E-state index contributed by atoms with van der Waals surface area (Å²) in [6, 6.07) is 0. The fourth-order valence-electron chi connectivity index (χ4n) is 1.56. The zero-order valence-corrected chi connectivity index (χ0v) is 10.5. The molecule has 0 N–H and O–H groups in total. The number of hydrogen-bond acceptors (Lipinski definition) is 6. The Balaban J connectivity index is 2.47. The first-order valence-corrected chi connectivity index (χ1v) is 5.34. The van der Waals surface area contributed by atoms with Crippen molar-refractivity contribution in [2.24, 2.45) is 0 Å². The molecule has 2 heterocycles. The Labute approximate surface area is 103 Å². The molecular formula is C10H13N5O3. The van der Waals surface area contributed by atoms with Crippen LogP contribution >= 0.6 is 0 Å². The summed E-state index contributed by atoms with van der Waals surface area (Å²) in [5, 5.41) is 22.6. The van der Waals surface area contributed by atoms with Gasteiger partial charge in [0.1, 0.15) is 17.4 Å². The largest absolute Gasteiger partial charge is 0.423 e. The van der Waals surface area contributed by atoms with E-state index in [-0.39, 0.29) is 5.69 Å². The third kappa shape index (κ3) is 1.85. The molecule has 8 nitrogen and oxygen atoms in total. The standard InChI is InChI=1S/C10H13N5O3/c1-6-8(15(16)17)5-14(13-6)10(3,4)9-12-11-7(2)18-9/h5H,1-4H3. The van der Waals surface area contributed by atoms with Crippen LogP contribution in [0.4, 0.5) is 5.69 Å². The third-order valence-corrected chi connectivity index (χ3v) is 2.69. The van der Waals surface area contributed by atoms with Crippen molar-refractivity contribution in [3.05, 3.63) is 33.8 Å². The lowest BCUT2D eigenvalue weighted by atomic mass is 10.1. The fourth-order valence-corrected chi connectivity index (χ4v) is 1.56. The van der Waals surface area contributed by atoms with Crippen LogP contribution in [0.1, 0.15) is 31.3 Å². The Bertz CT molecular complexity index is 598. The zero-order chi connectivity index (χ0) is 13.5. The summed E-state index contributed by atoms with van der Waals surface area (Å²) in [5.41, 5.74) is -0.413. The molecule has 0 saturated heterocycles. The summed E-state index contributed by atoms with van der Waals surface area (Å²) < 4.78 is 6.83. The van der Waals surface area contributed by atoms with E-state index in [0.29, 0.717) is 17.5 Å². The van der Waals surface area contributed by atoms with Gasteiger partial charge in [0.05, 0.1) is 4.92 Å². The van der Waals surface area contributed by atoms with Crippen LogP contribution in [-0.2, 0) is 5.54 Å². The van der Waals surface area contributed by atoms with E-state index in [1.54, 1.807) is 27.7 Å². The van der Waals surface area contributed by atoms with Crippen LogP contribution in [0.2, 0.25) is 0 Å². The second-order valence-corrected chi connectivity index (χ2v) is 4.49. The maximum atomic E-state index is 10.8. The molecule has 0 amide bonds. The average Bonchev–Trinajstić information content (AvgIpc) is 2.84. The van der Waals surface area contributed by atoms with E-state index in [9.17, 15) is 10.1 Å². The van der Waals surface area contributed by atoms with E-state index < -0.39 is 10.5 Å². The molecule has 0 aliphatic rings. The number of aryl methyl sites for hydroxylation is 2. The van der Waals surface area contributed by atoms with E-state index in [1.807, 2.05) is 0 Å². The van der Waals surface area contributed by atoms with Gasteiger partial charge in [-0.15, -0.1) is 10.2 Å². The fraction of sp³-hybridized carbons (Fsp3) is 0.500. The van der Waals surface area contributed by atoms with Gasteiger partial charge in [-0.05, 0) is 20.8 Å². The topological polar surface area (TPSA) is 99.9 Å². The van der Waals surface area contributed by atoms with E-state index in [1.165, 1.54) is 10.9 Å². The van der Waals surface area contributed by atoms with Gasteiger partial charge in [-0.2, -0.15) is 5.10 Å². The number of nitro groups is 1. The average molecular weight is 251 g/mol. The van der Waals surface area contributed by atoms with E-state index in [2.05, 4.69) is 15.3 Å².